The number of thioether (sulfide) groups is 6. The molecule has 0 N–H and O–H groups in total. The minimum Gasteiger partial charge on any atom is -0.142 e. The van der Waals surface area contributed by atoms with Crippen molar-refractivity contribution in [2.45, 2.75) is 29.4 Å². The SMILES string of the molecule is CSc1ccsc1-c1cc(SC)c(-c2cc(SC)c(-c3sc(-c4sc(-c5sccc5SC)cc4SC)cc3SC)s2)s1. The van der Waals surface area contributed by atoms with Crippen molar-refractivity contribution in [3.8, 4) is 48.8 Å². The van der Waals surface area contributed by atoms with Gasteiger partial charge in [0.15, 0.2) is 0 Å². The highest BCUT2D eigenvalue weighted by molar-refractivity contribution is 8.00. The van der Waals surface area contributed by atoms with Gasteiger partial charge in [0.05, 0.1) is 29.3 Å². The van der Waals surface area contributed by atoms with E-state index in [1.54, 1.807) is 0 Å². The minimum absolute atomic E-state index is 1.37. The first-order valence-electron chi connectivity index (χ1n) is 12.5. The lowest BCUT2D eigenvalue weighted by Gasteiger charge is -2.00. The van der Waals surface area contributed by atoms with Gasteiger partial charge in [-0.25, -0.2) is 0 Å². The van der Waals surface area contributed by atoms with E-state index in [1.807, 2.05) is 139 Å². The van der Waals surface area contributed by atoms with Crippen LogP contribution in [0.25, 0.3) is 48.8 Å². The van der Waals surface area contributed by atoms with Crippen molar-refractivity contribution in [1.29, 1.82) is 0 Å². The van der Waals surface area contributed by atoms with Crippen molar-refractivity contribution in [1.82, 2.24) is 0 Å². The Labute approximate surface area is 297 Å². The first-order chi connectivity index (χ1) is 20.5. The summed E-state index contributed by atoms with van der Waals surface area (Å²) in [5.74, 6) is 0. The standard InChI is InChI=1S/C30H26S12/c1-31-15-7-9-37-25(15)21-11-17(33-3)27(39-21)23-13-19(35-5)29(41-23)30-20(36-6)14-24(42-30)28-18(34-4)12-22(40-28)26-16(32-2)8-10-38-26/h7-14H,1-6H3. The predicted octanol–water partition coefficient (Wildman–Crippen LogP) is 14.7. The Morgan fingerprint density at radius 2 is 0.643 bits per heavy atom. The maximum atomic E-state index is 2.44. The highest BCUT2D eigenvalue weighted by Gasteiger charge is 2.24. The van der Waals surface area contributed by atoms with Crippen LogP contribution in [-0.2, 0) is 0 Å². The zero-order chi connectivity index (χ0) is 29.4. The highest BCUT2D eigenvalue weighted by Crippen LogP contribution is 2.55. The summed E-state index contributed by atoms with van der Waals surface area (Å²) in [7, 11) is 0. The monoisotopic (exact) mass is 770 g/mol. The molecule has 0 aliphatic heterocycles. The minimum atomic E-state index is 1.37. The Hall–Kier alpha value is 0.300. The van der Waals surface area contributed by atoms with Crippen LogP contribution in [0, 0.1) is 0 Å². The molecule has 0 fully saturated rings. The second-order valence-electron chi connectivity index (χ2n) is 8.67. The second kappa shape index (κ2) is 14.4. The number of hydrogen-bond donors (Lipinski definition) is 0. The van der Waals surface area contributed by atoms with E-state index in [-0.39, 0.29) is 0 Å². The first-order valence-corrected chi connectivity index (χ1v) is 24.9. The van der Waals surface area contributed by atoms with E-state index in [1.165, 1.54) is 78.1 Å². The van der Waals surface area contributed by atoms with E-state index in [2.05, 4.69) is 84.7 Å². The molecular formula is C30H26S12. The molecule has 0 atom stereocenters. The van der Waals surface area contributed by atoms with Gasteiger partial charge in [0.25, 0.3) is 0 Å². The van der Waals surface area contributed by atoms with Gasteiger partial charge in [-0.3, -0.25) is 0 Å². The Morgan fingerprint density at radius 3 is 0.976 bits per heavy atom. The maximum absolute atomic E-state index is 2.44. The fourth-order valence-electron chi connectivity index (χ4n) is 4.49. The van der Waals surface area contributed by atoms with Gasteiger partial charge in [-0.2, -0.15) is 0 Å². The second-order valence-corrected chi connectivity index (χ2v) is 19.8. The molecule has 0 aliphatic carbocycles. The zero-order valence-corrected chi connectivity index (χ0v) is 33.3. The lowest BCUT2D eigenvalue weighted by molar-refractivity contribution is 1.51. The average molecular weight is 771 g/mol. The lowest BCUT2D eigenvalue weighted by atomic mass is 10.3. The van der Waals surface area contributed by atoms with Crippen LogP contribution in [0.15, 0.2) is 76.5 Å². The van der Waals surface area contributed by atoms with Gasteiger partial charge in [0, 0.05) is 48.9 Å². The normalized spacial score (nSPS) is 11.7. The molecule has 6 heterocycles. The zero-order valence-electron chi connectivity index (χ0n) is 23.5. The molecule has 0 saturated carbocycles. The molecule has 6 aromatic rings. The largest absolute Gasteiger partial charge is 0.142 e. The van der Waals surface area contributed by atoms with E-state index < -0.39 is 0 Å². The molecule has 42 heavy (non-hydrogen) atoms. The summed E-state index contributed by atoms with van der Waals surface area (Å²) in [4.78, 5) is 22.2. The lowest BCUT2D eigenvalue weighted by Crippen LogP contribution is -1.71. The van der Waals surface area contributed by atoms with Gasteiger partial charge in [-0.1, -0.05) is 0 Å². The van der Waals surface area contributed by atoms with E-state index in [4.69, 9.17) is 0 Å². The molecule has 0 saturated heterocycles. The number of thiophene rings is 6. The molecule has 6 aromatic heterocycles. The summed E-state index contributed by atoms with van der Waals surface area (Å²) in [5, 5.41) is 4.43. The maximum Gasteiger partial charge on any atom is 0.0596 e. The molecule has 0 spiro atoms. The Morgan fingerprint density at radius 1 is 0.357 bits per heavy atom. The van der Waals surface area contributed by atoms with Crippen LogP contribution in [0.5, 0.6) is 0 Å². The third kappa shape index (κ3) is 6.19. The molecule has 6 rings (SSSR count). The van der Waals surface area contributed by atoms with Gasteiger partial charge in [0.2, 0.25) is 0 Å². The number of rotatable bonds is 11. The van der Waals surface area contributed by atoms with E-state index in [9.17, 15) is 0 Å². The van der Waals surface area contributed by atoms with Crippen LogP contribution < -0.4 is 0 Å². The Kier molecular flexibility index (Phi) is 11.0. The summed E-state index contributed by atoms with van der Waals surface area (Å²) in [5.41, 5.74) is 0. The Bertz CT molecular complexity index is 1680. The van der Waals surface area contributed by atoms with Crippen molar-refractivity contribution in [3.63, 3.8) is 0 Å². The summed E-state index contributed by atoms with van der Waals surface area (Å²) in [6.07, 6.45) is 13.2. The van der Waals surface area contributed by atoms with Crippen LogP contribution in [0.4, 0.5) is 0 Å². The first kappa shape index (κ1) is 32.2. The number of hydrogen-bond acceptors (Lipinski definition) is 12. The third-order valence-electron chi connectivity index (χ3n) is 6.47. The molecule has 218 valence electrons. The van der Waals surface area contributed by atoms with Crippen LogP contribution in [0.1, 0.15) is 0 Å². The van der Waals surface area contributed by atoms with Crippen molar-refractivity contribution in [3.05, 3.63) is 47.2 Å². The fourth-order valence-corrected chi connectivity index (χ4v) is 17.2. The highest BCUT2D eigenvalue weighted by atomic mass is 32.2. The predicted molar refractivity (Wildman–Crippen MR) is 212 cm³/mol. The van der Waals surface area contributed by atoms with Gasteiger partial charge < -0.3 is 0 Å². The van der Waals surface area contributed by atoms with Crippen molar-refractivity contribution >= 4 is 139 Å². The van der Waals surface area contributed by atoms with Crippen LogP contribution >= 0.6 is 139 Å². The molecule has 0 unspecified atom stereocenters. The van der Waals surface area contributed by atoms with E-state index >= 15 is 0 Å². The smallest absolute Gasteiger partial charge is 0.0596 e. The summed E-state index contributed by atoms with van der Waals surface area (Å²) in [6, 6.07) is 14.2. The van der Waals surface area contributed by atoms with Crippen molar-refractivity contribution < 1.29 is 0 Å². The molecule has 0 bridgehead atoms. The molecule has 12 heteroatoms. The molecule has 0 nitrogen and oxygen atoms in total. The van der Waals surface area contributed by atoms with E-state index in [0.29, 0.717) is 0 Å². The topological polar surface area (TPSA) is 0 Å². The van der Waals surface area contributed by atoms with Gasteiger partial charge in [-0.05, 0) is 84.7 Å². The summed E-state index contributed by atoms with van der Waals surface area (Å²) in [6.45, 7) is 0. The third-order valence-corrected chi connectivity index (χ3v) is 19.1. The molecule has 0 aliphatic rings. The van der Waals surface area contributed by atoms with Gasteiger partial charge in [0.1, 0.15) is 0 Å². The molecule has 0 aromatic carbocycles. The summed E-state index contributed by atoms with van der Waals surface area (Å²) < 4.78 is 0. The average Bonchev–Trinajstić information content (AvgIpc) is 3.86. The quantitative estimate of drug-likeness (QED) is 0.119. The van der Waals surface area contributed by atoms with Crippen LogP contribution in [0.3, 0.4) is 0 Å². The summed E-state index contributed by atoms with van der Waals surface area (Å²) >= 11 is 22.7. The Balaban J connectivity index is 1.42. The molecule has 0 amide bonds. The van der Waals surface area contributed by atoms with Crippen molar-refractivity contribution in [2.75, 3.05) is 37.5 Å². The van der Waals surface area contributed by atoms with Crippen molar-refractivity contribution in [2.24, 2.45) is 0 Å². The van der Waals surface area contributed by atoms with E-state index in [0.717, 1.165) is 0 Å². The van der Waals surface area contributed by atoms with Gasteiger partial charge >= 0.3 is 0 Å². The fraction of sp³-hybridized carbons (Fsp3) is 0.200. The van der Waals surface area contributed by atoms with Crippen LogP contribution in [-0.4, -0.2) is 37.5 Å². The molecular weight excluding hydrogens is 745 g/mol. The molecule has 0 radical (unpaired) electrons. The van der Waals surface area contributed by atoms with Gasteiger partial charge in [-0.15, -0.1) is 139 Å². The van der Waals surface area contributed by atoms with Crippen LogP contribution in [0.2, 0.25) is 0 Å².